The van der Waals surface area contributed by atoms with Crippen LogP contribution in [-0.2, 0) is 4.79 Å². The minimum absolute atomic E-state index is 0.126. The normalized spacial score (nSPS) is 11.6. The Morgan fingerprint density at radius 3 is 2.50 bits per heavy atom. The molecule has 1 amide bonds. The molecule has 1 atom stereocenters. The molecule has 1 unspecified atom stereocenters. The fraction of sp³-hybridized carbons (Fsp3) is 0.0870. The second kappa shape index (κ2) is 9.19. The van der Waals surface area contributed by atoms with Crippen molar-refractivity contribution in [2.75, 3.05) is 22.9 Å². The Morgan fingerprint density at radius 2 is 1.73 bits per heavy atom. The number of rotatable bonds is 7. The molecule has 0 saturated heterocycles. The van der Waals surface area contributed by atoms with Gasteiger partial charge in [-0.3, -0.25) is 9.78 Å². The molecule has 0 radical (unpaired) electrons. The highest BCUT2D eigenvalue weighted by atomic mass is 32.1. The van der Waals surface area contributed by atoms with E-state index >= 15 is 0 Å². The predicted molar refractivity (Wildman–Crippen MR) is 123 cm³/mol. The highest BCUT2D eigenvalue weighted by Gasteiger charge is 2.22. The van der Waals surface area contributed by atoms with Crippen molar-refractivity contribution in [2.24, 2.45) is 0 Å². The highest BCUT2D eigenvalue weighted by molar-refractivity contribution is 7.14. The zero-order valence-electron chi connectivity index (χ0n) is 16.2. The van der Waals surface area contributed by atoms with Crippen molar-refractivity contribution < 1.29 is 4.79 Å². The van der Waals surface area contributed by atoms with Crippen molar-refractivity contribution in [2.45, 2.75) is 5.92 Å². The number of thiazole rings is 1. The van der Waals surface area contributed by atoms with Crippen molar-refractivity contribution in [1.82, 2.24) is 9.97 Å². The number of nitrogens with two attached hydrogens (primary N) is 1. The lowest BCUT2D eigenvalue weighted by atomic mass is 9.98. The molecule has 2 aromatic carbocycles. The van der Waals surface area contributed by atoms with E-state index in [4.69, 9.17) is 5.73 Å². The van der Waals surface area contributed by atoms with E-state index in [1.807, 2.05) is 72.1 Å². The Labute approximate surface area is 178 Å². The van der Waals surface area contributed by atoms with Gasteiger partial charge < -0.3 is 16.4 Å². The van der Waals surface area contributed by atoms with Gasteiger partial charge >= 0.3 is 0 Å². The van der Waals surface area contributed by atoms with Crippen LogP contribution in [0.15, 0.2) is 84.5 Å². The number of amides is 1. The summed E-state index contributed by atoms with van der Waals surface area (Å²) >= 11 is 1.40. The lowest BCUT2D eigenvalue weighted by Gasteiger charge is -2.18. The van der Waals surface area contributed by atoms with Crippen LogP contribution in [0.1, 0.15) is 11.5 Å². The van der Waals surface area contributed by atoms with E-state index in [1.165, 1.54) is 11.3 Å². The number of nitrogens with one attached hydrogen (secondary N) is 2. The van der Waals surface area contributed by atoms with Gasteiger partial charge in [-0.25, -0.2) is 4.98 Å². The second-order valence-electron chi connectivity index (χ2n) is 6.69. The van der Waals surface area contributed by atoms with Crippen LogP contribution in [0.5, 0.6) is 0 Å². The highest BCUT2D eigenvalue weighted by Crippen LogP contribution is 2.26. The van der Waals surface area contributed by atoms with E-state index < -0.39 is 5.92 Å². The van der Waals surface area contributed by atoms with E-state index in [0.717, 1.165) is 22.5 Å². The molecule has 2 heterocycles. The maximum Gasteiger partial charge on any atom is 0.235 e. The topological polar surface area (TPSA) is 92.9 Å². The third-order valence-corrected chi connectivity index (χ3v) is 5.44. The summed E-state index contributed by atoms with van der Waals surface area (Å²) in [6, 6.07) is 21.0. The third kappa shape index (κ3) is 4.64. The monoisotopic (exact) mass is 415 g/mol. The molecule has 0 aliphatic heterocycles. The Balaban J connectivity index is 1.51. The number of anilines is 3. The largest absolute Gasteiger partial charge is 0.397 e. The predicted octanol–water partition coefficient (Wildman–Crippen LogP) is 4.62. The summed E-state index contributed by atoms with van der Waals surface area (Å²) in [7, 11) is 0. The van der Waals surface area contributed by atoms with Crippen LogP contribution in [0.3, 0.4) is 0 Å². The SMILES string of the molecule is Nc1ccccc1NCC(C(=O)Nc1nc(-c2ccncc2)cs1)c1ccccc1. The number of nitrogens with zero attached hydrogens (tertiary/aromatic N) is 2. The quantitative estimate of drug-likeness (QED) is 0.383. The first-order valence-electron chi connectivity index (χ1n) is 9.51. The van der Waals surface area contributed by atoms with Crippen LogP contribution in [-0.4, -0.2) is 22.4 Å². The number of aromatic nitrogens is 2. The van der Waals surface area contributed by atoms with Gasteiger partial charge in [0.25, 0.3) is 0 Å². The molecule has 7 heteroatoms. The van der Waals surface area contributed by atoms with Crippen LogP contribution in [0.4, 0.5) is 16.5 Å². The van der Waals surface area contributed by atoms with Crippen molar-refractivity contribution >= 4 is 33.8 Å². The molecule has 4 N–H and O–H groups in total. The van der Waals surface area contributed by atoms with Gasteiger partial charge in [-0.1, -0.05) is 42.5 Å². The molecule has 2 aromatic heterocycles. The standard InChI is InChI=1S/C23H21N5OS/c24-19-8-4-5-9-20(19)26-14-18(16-6-2-1-3-7-16)22(29)28-23-27-21(15-30-23)17-10-12-25-13-11-17/h1-13,15,18,26H,14,24H2,(H,27,28,29). The molecule has 0 bridgehead atoms. The molecule has 0 aliphatic rings. The summed E-state index contributed by atoms with van der Waals surface area (Å²) in [6.07, 6.45) is 3.44. The van der Waals surface area contributed by atoms with Gasteiger partial charge in [0.05, 0.1) is 23.0 Å². The lowest BCUT2D eigenvalue weighted by molar-refractivity contribution is -0.117. The van der Waals surface area contributed by atoms with E-state index in [9.17, 15) is 4.79 Å². The third-order valence-electron chi connectivity index (χ3n) is 4.69. The van der Waals surface area contributed by atoms with Crippen LogP contribution in [0.2, 0.25) is 0 Å². The smallest absolute Gasteiger partial charge is 0.235 e. The van der Waals surface area contributed by atoms with Crippen molar-refractivity contribution in [1.29, 1.82) is 0 Å². The molecule has 150 valence electrons. The maximum atomic E-state index is 13.1. The summed E-state index contributed by atoms with van der Waals surface area (Å²) in [6.45, 7) is 0.409. The summed E-state index contributed by atoms with van der Waals surface area (Å²) < 4.78 is 0. The molecule has 4 aromatic rings. The minimum Gasteiger partial charge on any atom is -0.397 e. The van der Waals surface area contributed by atoms with Gasteiger partial charge in [0.1, 0.15) is 0 Å². The Hall–Kier alpha value is -3.71. The Morgan fingerprint density at radius 1 is 1.00 bits per heavy atom. The van der Waals surface area contributed by atoms with E-state index in [1.54, 1.807) is 12.4 Å². The van der Waals surface area contributed by atoms with Crippen molar-refractivity contribution in [3.05, 3.63) is 90.1 Å². The van der Waals surface area contributed by atoms with Gasteiger partial charge in [-0.2, -0.15) is 0 Å². The van der Waals surface area contributed by atoms with Gasteiger partial charge in [0.15, 0.2) is 5.13 Å². The molecular formula is C23H21N5OS. The average Bonchev–Trinajstić information content (AvgIpc) is 3.25. The van der Waals surface area contributed by atoms with Gasteiger partial charge in [-0.15, -0.1) is 11.3 Å². The molecule has 6 nitrogen and oxygen atoms in total. The van der Waals surface area contributed by atoms with Crippen LogP contribution >= 0.6 is 11.3 Å². The first-order valence-corrected chi connectivity index (χ1v) is 10.4. The van der Waals surface area contributed by atoms with Crippen LogP contribution in [0, 0.1) is 0 Å². The number of benzene rings is 2. The van der Waals surface area contributed by atoms with Crippen LogP contribution in [0.25, 0.3) is 11.3 Å². The number of carbonyl (C=O) groups is 1. The zero-order chi connectivity index (χ0) is 20.8. The van der Waals surface area contributed by atoms with Gasteiger partial charge in [0.2, 0.25) is 5.91 Å². The second-order valence-corrected chi connectivity index (χ2v) is 7.55. The first kappa shape index (κ1) is 19.6. The molecule has 30 heavy (non-hydrogen) atoms. The lowest BCUT2D eigenvalue weighted by Crippen LogP contribution is -2.27. The molecule has 4 rings (SSSR count). The molecule has 0 fully saturated rings. The fourth-order valence-corrected chi connectivity index (χ4v) is 3.82. The maximum absolute atomic E-state index is 13.1. The fourth-order valence-electron chi connectivity index (χ4n) is 3.10. The summed E-state index contributed by atoms with van der Waals surface area (Å²) in [5, 5.41) is 8.75. The number of pyridine rings is 1. The number of carbonyl (C=O) groups excluding carboxylic acids is 1. The molecule has 0 saturated carbocycles. The minimum atomic E-state index is -0.404. The van der Waals surface area contributed by atoms with Crippen molar-refractivity contribution in [3.63, 3.8) is 0 Å². The number of nitrogen functional groups attached to an aromatic ring is 1. The zero-order valence-corrected chi connectivity index (χ0v) is 17.0. The van der Waals surface area contributed by atoms with E-state index in [-0.39, 0.29) is 5.91 Å². The average molecular weight is 416 g/mol. The van der Waals surface area contributed by atoms with E-state index in [2.05, 4.69) is 20.6 Å². The van der Waals surface area contributed by atoms with Crippen LogP contribution < -0.4 is 16.4 Å². The molecule has 0 spiro atoms. The molecular weight excluding hydrogens is 394 g/mol. The first-order chi connectivity index (χ1) is 14.7. The van der Waals surface area contributed by atoms with Gasteiger partial charge in [-0.05, 0) is 29.8 Å². The Bertz CT molecular complexity index is 1110. The number of para-hydroxylation sites is 2. The van der Waals surface area contributed by atoms with Crippen molar-refractivity contribution in [3.8, 4) is 11.3 Å². The number of hydrogen-bond acceptors (Lipinski definition) is 6. The molecule has 0 aliphatic carbocycles. The summed E-state index contributed by atoms with van der Waals surface area (Å²) in [5.74, 6) is -0.530. The summed E-state index contributed by atoms with van der Waals surface area (Å²) in [4.78, 5) is 21.7. The van der Waals surface area contributed by atoms with E-state index in [0.29, 0.717) is 17.4 Å². The Kier molecular flexibility index (Phi) is 6.01. The van der Waals surface area contributed by atoms with Gasteiger partial charge in [0, 0.05) is 29.9 Å². The number of hydrogen-bond donors (Lipinski definition) is 3. The summed E-state index contributed by atoms with van der Waals surface area (Å²) in [5.41, 5.74) is 10.2.